The van der Waals surface area contributed by atoms with E-state index in [9.17, 15) is 10.2 Å². The van der Waals surface area contributed by atoms with Crippen LogP contribution >= 0.6 is 0 Å². The molecule has 0 heterocycles. The van der Waals surface area contributed by atoms with Gasteiger partial charge in [0.25, 0.3) is 0 Å². The van der Waals surface area contributed by atoms with E-state index < -0.39 is 14.4 Å². The lowest BCUT2D eigenvalue weighted by atomic mass is 9.66. The van der Waals surface area contributed by atoms with Crippen molar-refractivity contribution in [1.29, 1.82) is 0 Å². The van der Waals surface area contributed by atoms with Crippen LogP contribution in [0.3, 0.4) is 0 Å². The molecule has 0 amide bonds. The van der Waals surface area contributed by atoms with Crippen LogP contribution in [0.5, 0.6) is 0 Å². The van der Waals surface area contributed by atoms with Crippen molar-refractivity contribution in [3.63, 3.8) is 0 Å². The SMILES string of the molecule is CN(C[C@@H]1CC(C)(C)C[C@H](CO)[C@H]1O)C[C@H](CO[Si](C)(C)C(C)(C)C)C(C)(C)C. The molecule has 1 fully saturated rings. The Balaban J connectivity index is 2.79. The molecule has 0 unspecified atom stereocenters. The van der Waals surface area contributed by atoms with E-state index in [4.69, 9.17) is 4.43 Å². The summed E-state index contributed by atoms with van der Waals surface area (Å²) >= 11 is 0. The number of aliphatic hydroxyl groups is 2. The average molecular weight is 430 g/mol. The Bertz CT molecular complexity index is 507. The molecular formula is C24H51NO3Si. The van der Waals surface area contributed by atoms with Gasteiger partial charge in [0.05, 0.1) is 6.10 Å². The van der Waals surface area contributed by atoms with Crippen LogP contribution in [0.2, 0.25) is 18.1 Å². The first-order valence-corrected chi connectivity index (χ1v) is 14.4. The van der Waals surface area contributed by atoms with Gasteiger partial charge in [-0.05, 0) is 60.7 Å². The summed E-state index contributed by atoms with van der Waals surface area (Å²) in [6.07, 6.45) is 1.50. The summed E-state index contributed by atoms with van der Waals surface area (Å²) in [5.74, 6) is 0.643. The number of hydrogen-bond donors (Lipinski definition) is 2. The second kappa shape index (κ2) is 9.68. The molecule has 174 valence electrons. The molecule has 5 heteroatoms. The maximum Gasteiger partial charge on any atom is 0.191 e. The van der Waals surface area contributed by atoms with Crippen LogP contribution in [-0.2, 0) is 4.43 Å². The zero-order chi connectivity index (χ0) is 22.8. The highest BCUT2D eigenvalue weighted by atomic mass is 28.4. The third-order valence-corrected chi connectivity index (χ3v) is 12.1. The maximum absolute atomic E-state index is 10.8. The van der Waals surface area contributed by atoms with Crippen molar-refractivity contribution in [3.05, 3.63) is 0 Å². The van der Waals surface area contributed by atoms with E-state index in [0.29, 0.717) is 5.92 Å². The molecule has 0 aromatic carbocycles. The summed E-state index contributed by atoms with van der Waals surface area (Å²) in [4.78, 5) is 2.38. The predicted octanol–water partition coefficient (Wildman–Crippen LogP) is 5.01. The molecule has 0 bridgehead atoms. The number of hydrogen-bond acceptors (Lipinski definition) is 4. The molecule has 0 spiro atoms. The quantitative estimate of drug-likeness (QED) is 0.533. The van der Waals surface area contributed by atoms with Gasteiger partial charge in [0.15, 0.2) is 8.32 Å². The summed E-state index contributed by atoms with van der Waals surface area (Å²) in [7, 11) is 0.404. The first-order chi connectivity index (χ1) is 12.9. The van der Waals surface area contributed by atoms with Gasteiger partial charge in [0.1, 0.15) is 0 Å². The van der Waals surface area contributed by atoms with Gasteiger partial charge in [0.2, 0.25) is 0 Å². The standard InChI is InChI=1S/C24H51NO3Si/c1-22(2,3)20(17-28-29(10,11)23(4,5)6)15-25(9)14-18-12-24(7,8)13-19(16-26)21(18)27/h18-21,26-27H,12-17H2,1-11H3/t18-,19+,20+,21-/m0/s1. The fourth-order valence-electron chi connectivity index (χ4n) is 4.43. The van der Waals surface area contributed by atoms with Crippen LogP contribution in [0, 0.1) is 28.6 Å². The minimum absolute atomic E-state index is 0.00233. The highest BCUT2D eigenvalue weighted by molar-refractivity contribution is 6.74. The van der Waals surface area contributed by atoms with E-state index in [0.717, 1.165) is 32.5 Å². The Morgan fingerprint density at radius 3 is 2.03 bits per heavy atom. The zero-order valence-corrected chi connectivity index (χ0v) is 22.3. The van der Waals surface area contributed by atoms with Gasteiger partial charge in [-0.25, -0.2) is 0 Å². The summed E-state index contributed by atoms with van der Waals surface area (Å²) in [6.45, 7) is 25.7. The average Bonchev–Trinajstić information content (AvgIpc) is 2.52. The smallest absolute Gasteiger partial charge is 0.191 e. The van der Waals surface area contributed by atoms with Gasteiger partial charge in [-0.1, -0.05) is 55.4 Å². The molecule has 4 atom stereocenters. The van der Waals surface area contributed by atoms with Gasteiger partial charge in [-0.15, -0.1) is 0 Å². The third kappa shape index (κ3) is 7.92. The van der Waals surface area contributed by atoms with Crippen LogP contribution in [0.4, 0.5) is 0 Å². The number of nitrogens with zero attached hydrogens (tertiary/aromatic N) is 1. The van der Waals surface area contributed by atoms with Crippen LogP contribution in [0.1, 0.15) is 68.2 Å². The minimum Gasteiger partial charge on any atom is -0.416 e. The highest BCUT2D eigenvalue weighted by Gasteiger charge is 2.41. The van der Waals surface area contributed by atoms with Crippen molar-refractivity contribution < 1.29 is 14.6 Å². The molecule has 1 saturated carbocycles. The first kappa shape index (κ1) is 27.1. The topological polar surface area (TPSA) is 52.9 Å². The van der Waals surface area contributed by atoms with E-state index in [2.05, 4.69) is 80.4 Å². The number of aliphatic hydroxyl groups excluding tert-OH is 2. The lowest BCUT2D eigenvalue weighted by Crippen LogP contribution is -2.48. The van der Waals surface area contributed by atoms with Crippen molar-refractivity contribution in [2.75, 3.05) is 33.4 Å². The molecular weight excluding hydrogens is 378 g/mol. The molecule has 1 rings (SSSR count). The Labute approximate surface area is 182 Å². The van der Waals surface area contributed by atoms with Gasteiger partial charge < -0.3 is 19.5 Å². The van der Waals surface area contributed by atoms with Gasteiger partial charge >= 0.3 is 0 Å². The predicted molar refractivity (Wildman–Crippen MR) is 127 cm³/mol. The molecule has 0 aliphatic heterocycles. The monoisotopic (exact) mass is 429 g/mol. The Hall–Kier alpha value is 0.0569. The fourth-order valence-corrected chi connectivity index (χ4v) is 5.48. The van der Waals surface area contributed by atoms with E-state index in [1.165, 1.54) is 0 Å². The maximum atomic E-state index is 10.8. The van der Waals surface area contributed by atoms with Crippen molar-refractivity contribution >= 4 is 8.32 Å². The Morgan fingerprint density at radius 2 is 1.59 bits per heavy atom. The highest BCUT2D eigenvalue weighted by Crippen LogP contribution is 2.42. The molecule has 0 saturated heterocycles. The zero-order valence-electron chi connectivity index (χ0n) is 21.3. The molecule has 1 aliphatic rings. The van der Waals surface area contributed by atoms with Gasteiger partial charge in [0, 0.05) is 32.2 Å². The molecule has 2 N–H and O–H groups in total. The Morgan fingerprint density at radius 1 is 1.07 bits per heavy atom. The van der Waals surface area contributed by atoms with E-state index in [1.807, 2.05) is 0 Å². The van der Waals surface area contributed by atoms with E-state index in [1.54, 1.807) is 0 Å². The van der Waals surface area contributed by atoms with E-state index in [-0.39, 0.29) is 34.3 Å². The molecule has 29 heavy (non-hydrogen) atoms. The summed E-state index contributed by atoms with van der Waals surface area (Å²) in [6, 6.07) is 0. The van der Waals surface area contributed by atoms with Crippen LogP contribution in [0.25, 0.3) is 0 Å². The summed E-state index contributed by atoms with van der Waals surface area (Å²) in [5, 5.41) is 20.7. The van der Waals surface area contributed by atoms with Crippen molar-refractivity contribution in [3.8, 4) is 0 Å². The molecule has 4 nitrogen and oxygen atoms in total. The summed E-state index contributed by atoms with van der Waals surface area (Å²) in [5.41, 5.74) is 0.335. The minimum atomic E-state index is -1.77. The summed E-state index contributed by atoms with van der Waals surface area (Å²) < 4.78 is 6.59. The molecule has 0 aromatic heterocycles. The molecule has 0 radical (unpaired) electrons. The van der Waals surface area contributed by atoms with Gasteiger partial charge in [-0.2, -0.15) is 0 Å². The van der Waals surface area contributed by atoms with Crippen molar-refractivity contribution in [1.82, 2.24) is 4.90 Å². The number of rotatable bonds is 8. The van der Waals surface area contributed by atoms with Crippen LogP contribution < -0.4 is 0 Å². The van der Waals surface area contributed by atoms with Crippen LogP contribution in [0.15, 0.2) is 0 Å². The second-order valence-corrected chi connectivity index (χ2v) is 17.9. The molecule has 0 aromatic rings. The van der Waals surface area contributed by atoms with Crippen LogP contribution in [-0.4, -0.2) is 62.9 Å². The second-order valence-electron chi connectivity index (χ2n) is 13.1. The van der Waals surface area contributed by atoms with Crippen molar-refractivity contribution in [2.45, 2.75) is 92.5 Å². The third-order valence-electron chi connectivity index (χ3n) is 7.58. The van der Waals surface area contributed by atoms with E-state index >= 15 is 0 Å². The lowest BCUT2D eigenvalue weighted by Gasteiger charge is -2.45. The lowest BCUT2D eigenvalue weighted by molar-refractivity contribution is -0.0584. The van der Waals surface area contributed by atoms with Gasteiger partial charge in [-0.3, -0.25) is 0 Å². The normalized spacial score (nSPS) is 27.3. The first-order valence-electron chi connectivity index (χ1n) is 11.5. The largest absolute Gasteiger partial charge is 0.416 e. The van der Waals surface area contributed by atoms with Crippen molar-refractivity contribution in [2.24, 2.45) is 28.6 Å². The Kier molecular flexibility index (Phi) is 9.05. The molecule has 1 aliphatic carbocycles. The fraction of sp³-hybridized carbons (Fsp3) is 1.00.